The van der Waals surface area contributed by atoms with Gasteiger partial charge in [0.05, 0.1) is 11.3 Å². The number of hydrogen-bond acceptors (Lipinski definition) is 1. The van der Waals surface area contributed by atoms with Crippen molar-refractivity contribution >= 4 is 0 Å². The van der Waals surface area contributed by atoms with Crippen LogP contribution in [0.5, 0.6) is 0 Å². The zero-order valence-electron chi connectivity index (χ0n) is 10.8. The Labute approximate surface area is 113 Å². The summed E-state index contributed by atoms with van der Waals surface area (Å²) in [5.74, 6) is 0.361. The minimum Gasteiger partial charge on any atom is -0.285 e. The number of aromatic nitrogens is 2. The predicted octanol–water partition coefficient (Wildman–Crippen LogP) is 3.07. The lowest BCUT2D eigenvalue weighted by molar-refractivity contribution is -0.137. The molecule has 0 bridgehead atoms. The van der Waals surface area contributed by atoms with Crippen molar-refractivity contribution in [1.82, 2.24) is 9.36 Å². The average Bonchev–Trinajstić information content (AvgIpc) is 3.15. The Morgan fingerprint density at radius 2 is 1.90 bits per heavy atom. The van der Waals surface area contributed by atoms with Crippen molar-refractivity contribution in [3.05, 3.63) is 51.9 Å². The average molecular weight is 282 g/mol. The molecule has 0 spiro atoms. The van der Waals surface area contributed by atoms with Gasteiger partial charge in [0.1, 0.15) is 0 Å². The lowest BCUT2D eigenvalue weighted by atomic mass is 10.2. The standard InChI is InChI=1S/C14H13F3N2O/c1-18-12(9-5-6-9)8-13(20)19(18)11-4-2-3-10(7-11)14(15,16)17/h2-4,7-9H,5-6H2,1H3. The van der Waals surface area contributed by atoms with Crippen LogP contribution in [0.1, 0.15) is 30.0 Å². The molecule has 6 heteroatoms. The molecular formula is C14H13F3N2O. The van der Waals surface area contributed by atoms with Crippen molar-refractivity contribution < 1.29 is 13.2 Å². The van der Waals surface area contributed by atoms with Gasteiger partial charge in [0, 0.05) is 24.7 Å². The summed E-state index contributed by atoms with van der Waals surface area (Å²) in [6.45, 7) is 0. The Morgan fingerprint density at radius 3 is 2.50 bits per heavy atom. The van der Waals surface area contributed by atoms with Gasteiger partial charge in [-0.3, -0.25) is 9.48 Å². The molecule has 1 heterocycles. The minimum atomic E-state index is -4.41. The Bertz CT molecular complexity index is 708. The maximum atomic E-state index is 12.7. The zero-order chi connectivity index (χ0) is 14.5. The molecule has 2 aromatic rings. The first-order valence-electron chi connectivity index (χ1n) is 6.34. The molecular weight excluding hydrogens is 269 g/mol. The molecule has 20 heavy (non-hydrogen) atoms. The monoisotopic (exact) mass is 282 g/mol. The van der Waals surface area contributed by atoms with Gasteiger partial charge in [0.15, 0.2) is 0 Å². The second-order valence-electron chi connectivity index (χ2n) is 5.07. The fraction of sp³-hybridized carbons (Fsp3) is 0.357. The van der Waals surface area contributed by atoms with E-state index in [-0.39, 0.29) is 11.2 Å². The van der Waals surface area contributed by atoms with Crippen LogP contribution in [0.2, 0.25) is 0 Å². The molecule has 0 saturated heterocycles. The lowest BCUT2D eigenvalue weighted by Crippen LogP contribution is -2.20. The molecule has 3 rings (SSSR count). The molecule has 1 fully saturated rings. The van der Waals surface area contributed by atoms with E-state index in [1.807, 2.05) is 0 Å². The number of nitrogens with zero attached hydrogens (tertiary/aromatic N) is 2. The quantitative estimate of drug-likeness (QED) is 0.831. The summed E-state index contributed by atoms with van der Waals surface area (Å²) < 4.78 is 41.1. The number of alkyl halides is 3. The van der Waals surface area contributed by atoms with E-state index in [0.717, 1.165) is 30.7 Å². The fourth-order valence-electron chi connectivity index (χ4n) is 2.42. The predicted molar refractivity (Wildman–Crippen MR) is 68.0 cm³/mol. The maximum Gasteiger partial charge on any atom is 0.416 e. The van der Waals surface area contributed by atoms with E-state index < -0.39 is 11.7 Å². The normalized spacial score (nSPS) is 15.6. The molecule has 1 aliphatic rings. The van der Waals surface area contributed by atoms with Gasteiger partial charge in [-0.25, -0.2) is 4.68 Å². The lowest BCUT2D eigenvalue weighted by Gasteiger charge is -2.12. The van der Waals surface area contributed by atoms with E-state index >= 15 is 0 Å². The second-order valence-corrected chi connectivity index (χ2v) is 5.07. The molecule has 0 radical (unpaired) electrons. The van der Waals surface area contributed by atoms with E-state index in [0.29, 0.717) is 5.92 Å². The molecule has 106 valence electrons. The van der Waals surface area contributed by atoms with Crippen molar-refractivity contribution in [2.45, 2.75) is 24.9 Å². The highest BCUT2D eigenvalue weighted by molar-refractivity contribution is 5.37. The third-order valence-electron chi connectivity index (χ3n) is 3.57. The van der Waals surface area contributed by atoms with E-state index in [2.05, 4.69) is 0 Å². The summed E-state index contributed by atoms with van der Waals surface area (Å²) in [5.41, 5.74) is 0.0661. The van der Waals surface area contributed by atoms with Gasteiger partial charge >= 0.3 is 6.18 Å². The summed E-state index contributed by atoms with van der Waals surface area (Å²) in [7, 11) is 1.70. The summed E-state index contributed by atoms with van der Waals surface area (Å²) >= 11 is 0. The van der Waals surface area contributed by atoms with E-state index in [1.165, 1.54) is 22.9 Å². The Morgan fingerprint density at radius 1 is 1.20 bits per heavy atom. The van der Waals surface area contributed by atoms with Gasteiger partial charge in [-0.2, -0.15) is 13.2 Å². The van der Waals surface area contributed by atoms with Crippen LogP contribution >= 0.6 is 0 Å². The molecule has 0 atom stereocenters. The largest absolute Gasteiger partial charge is 0.416 e. The minimum absolute atomic E-state index is 0.235. The molecule has 1 aliphatic carbocycles. The van der Waals surface area contributed by atoms with Crippen LogP contribution < -0.4 is 5.56 Å². The van der Waals surface area contributed by atoms with E-state index in [1.54, 1.807) is 11.7 Å². The molecule has 3 nitrogen and oxygen atoms in total. The van der Waals surface area contributed by atoms with Gasteiger partial charge in [0.25, 0.3) is 5.56 Å². The van der Waals surface area contributed by atoms with Crippen LogP contribution in [0.25, 0.3) is 5.69 Å². The Kier molecular flexibility index (Phi) is 2.77. The molecule has 1 aromatic heterocycles. The third kappa shape index (κ3) is 2.15. The number of benzene rings is 1. The second kappa shape index (κ2) is 4.26. The zero-order valence-corrected chi connectivity index (χ0v) is 10.8. The molecule has 0 N–H and O–H groups in total. The highest BCUT2D eigenvalue weighted by Gasteiger charge is 2.31. The molecule has 1 saturated carbocycles. The van der Waals surface area contributed by atoms with Gasteiger partial charge in [-0.15, -0.1) is 0 Å². The van der Waals surface area contributed by atoms with Crippen molar-refractivity contribution in [2.75, 3.05) is 0 Å². The number of hydrogen-bond donors (Lipinski definition) is 0. The highest BCUT2D eigenvalue weighted by atomic mass is 19.4. The Balaban J connectivity index is 2.12. The van der Waals surface area contributed by atoms with Gasteiger partial charge in [-0.05, 0) is 31.0 Å². The van der Waals surface area contributed by atoms with Crippen LogP contribution in [0, 0.1) is 0 Å². The number of halogens is 3. The first kappa shape index (κ1) is 13.0. The smallest absolute Gasteiger partial charge is 0.285 e. The maximum absolute atomic E-state index is 12.7. The summed E-state index contributed by atoms with van der Waals surface area (Å²) in [6, 6.07) is 6.33. The molecule has 0 unspecified atom stereocenters. The van der Waals surface area contributed by atoms with Crippen molar-refractivity contribution in [3.63, 3.8) is 0 Å². The summed E-state index contributed by atoms with van der Waals surface area (Å²) in [5, 5.41) is 0. The fourth-order valence-corrected chi connectivity index (χ4v) is 2.42. The van der Waals surface area contributed by atoms with Gasteiger partial charge in [-0.1, -0.05) is 6.07 Å². The first-order chi connectivity index (χ1) is 9.38. The van der Waals surface area contributed by atoms with Crippen molar-refractivity contribution in [3.8, 4) is 5.69 Å². The Hall–Kier alpha value is -1.98. The van der Waals surface area contributed by atoms with Crippen LogP contribution in [0.3, 0.4) is 0 Å². The number of rotatable bonds is 2. The SMILES string of the molecule is Cn1c(C2CC2)cc(=O)n1-c1cccc(C(F)(F)F)c1. The van der Waals surface area contributed by atoms with Crippen LogP contribution in [-0.2, 0) is 13.2 Å². The van der Waals surface area contributed by atoms with E-state index in [9.17, 15) is 18.0 Å². The highest BCUT2D eigenvalue weighted by Crippen LogP contribution is 2.39. The van der Waals surface area contributed by atoms with Gasteiger partial charge < -0.3 is 0 Å². The van der Waals surface area contributed by atoms with Crippen LogP contribution in [0.4, 0.5) is 13.2 Å². The summed E-state index contributed by atoms with van der Waals surface area (Å²) in [4.78, 5) is 12.0. The van der Waals surface area contributed by atoms with Crippen LogP contribution in [0.15, 0.2) is 35.1 Å². The molecule has 1 aromatic carbocycles. The van der Waals surface area contributed by atoms with Crippen molar-refractivity contribution in [1.29, 1.82) is 0 Å². The van der Waals surface area contributed by atoms with Crippen LogP contribution in [-0.4, -0.2) is 9.36 Å². The topological polar surface area (TPSA) is 26.9 Å². The molecule has 0 amide bonds. The summed E-state index contributed by atoms with van der Waals surface area (Å²) in [6.07, 6.45) is -2.36. The third-order valence-corrected chi connectivity index (χ3v) is 3.57. The van der Waals surface area contributed by atoms with E-state index in [4.69, 9.17) is 0 Å². The molecule has 0 aliphatic heterocycles. The van der Waals surface area contributed by atoms with Crippen molar-refractivity contribution in [2.24, 2.45) is 7.05 Å². The van der Waals surface area contributed by atoms with Gasteiger partial charge in [0.2, 0.25) is 0 Å². The first-order valence-corrected chi connectivity index (χ1v) is 6.34.